The Morgan fingerprint density at radius 2 is 1.72 bits per heavy atom. The fourth-order valence-electron chi connectivity index (χ4n) is 1.77. The predicted molar refractivity (Wildman–Crippen MR) is 89.8 cm³/mol. The highest BCUT2D eigenvalue weighted by Gasteiger charge is 2.28. The van der Waals surface area contributed by atoms with Crippen LogP contribution in [-0.2, 0) is 25.3 Å². The van der Waals surface area contributed by atoms with Gasteiger partial charge in [0.1, 0.15) is 5.92 Å². The van der Waals surface area contributed by atoms with Gasteiger partial charge in [-0.05, 0) is 35.1 Å². The van der Waals surface area contributed by atoms with E-state index in [0.717, 1.165) is 6.42 Å². The summed E-state index contributed by atoms with van der Waals surface area (Å²) < 4.78 is 14.9. The first kappa shape index (κ1) is 22.7. The van der Waals surface area contributed by atoms with Gasteiger partial charge in [-0.25, -0.2) is 4.79 Å². The molecule has 0 radical (unpaired) electrons. The van der Waals surface area contributed by atoms with Crippen LogP contribution >= 0.6 is 8.03 Å². The van der Waals surface area contributed by atoms with E-state index < -0.39 is 32.0 Å². The first-order chi connectivity index (χ1) is 11.7. The molecule has 3 N–H and O–H groups in total. The van der Waals surface area contributed by atoms with Crippen LogP contribution < -0.4 is 0 Å². The first-order valence-electron chi connectivity index (χ1n) is 7.46. The van der Waals surface area contributed by atoms with Gasteiger partial charge < -0.3 is 14.9 Å². The highest BCUT2D eigenvalue weighted by atomic mass is 31.1. The number of hydrogen-bond donors (Lipinski definition) is 3. The molecule has 2 atom stereocenters. The van der Waals surface area contributed by atoms with Crippen molar-refractivity contribution in [2.24, 2.45) is 5.92 Å². The molecule has 1 aromatic carbocycles. The van der Waals surface area contributed by atoms with E-state index in [9.17, 15) is 18.9 Å². The molecule has 2 unspecified atom stereocenters. The smallest absolute Gasteiger partial charge is 0.481 e. The minimum atomic E-state index is -2.53. The number of benzene rings is 1. The number of carbonyl (C=O) groups excluding carboxylic acids is 1. The standard InChI is InChI=1S/C10H12O2.C6H9O6P/c1-3-8-4-6-9(7-5-8)10(11)12-2;7-5(8)2-1-4(6(9)10)3-13(11)12/h4-7H,3H2,1-2H3;4H,1-3H2,(H2-,7,8,9,10,11,12)/p+1. The number of hydrogen-bond acceptors (Lipinski definition) is 5. The zero-order valence-corrected chi connectivity index (χ0v) is 14.9. The van der Waals surface area contributed by atoms with Crippen LogP contribution in [0.2, 0.25) is 0 Å². The Hall–Kier alpha value is -2.31. The highest BCUT2D eigenvalue weighted by molar-refractivity contribution is 7.38. The lowest BCUT2D eigenvalue weighted by atomic mass is 10.1. The van der Waals surface area contributed by atoms with Gasteiger partial charge in [0.05, 0.1) is 12.7 Å². The van der Waals surface area contributed by atoms with Gasteiger partial charge in [-0.3, -0.25) is 9.59 Å². The number of carboxylic acids is 2. The molecule has 0 saturated carbocycles. The summed E-state index contributed by atoms with van der Waals surface area (Å²) in [6.07, 6.45) is 0.172. The number of carbonyl (C=O) groups is 3. The SMILES string of the molecule is CCc1ccc(C(=O)OC)cc1.O=C(O)CCC(C[P+](=O)O)C(=O)O. The zero-order valence-electron chi connectivity index (χ0n) is 14.0. The molecule has 0 bridgehead atoms. The minimum Gasteiger partial charge on any atom is -0.481 e. The number of methoxy groups -OCH3 is 1. The van der Waals surface area contributed by atoms with Gasteiger partial charge in [0, 0.05) is 6.42 Å². The lowest BCUT2D eigenvalue weighted by molar-refractivity contribution is -0.142. The summed E-state index contributed by atoms with van der Waals surface area (Å²) >= 11 is 0. The largest absolute Gasteiger partial charge is 0.506 e. The van der Waals surface area contributed by atoms with Crippen molar-refractivity contribution in [2.75, 3.05) is 13.3 Å². The number of esters is 1. The quantitative estimate of drug-likeness (QED) is 0.466. The van der Waals surface area contributed by atoms with Crippen LogP contribution in [0.4, 0.5) is 0 Å². The molecular formula is C16H22O8P+. The molecule has 0 aliphatic carbocycles. The van der Waals surface area contributed by atoms with Crippen LogP contribution in [0, 0.1) is 5.92 Å². The zero-order chi connectivity index (χ0) is 19.4. The lowest BCUT2D eigenvalue weighted by Gasteiger charge is -2.02. The molecule has 0 fully saturated rings. The van der Waals surface area contributed by atoms with E-state index in [2.05, 4.69) is 11.7 Å². The topological polar surface area (TPSA) is 138 Å². The molecular weight excluding hydrogens is 351 g/mol. The van der Waals surface area contributed by atoms with Crippen LogP contribution in [0.25, 0.3) is 0 Å². The molecule has 0 aliphatic rings. The second kappa shape index (κ2) is 12.1. The summed E-state index contributed by atoms with van der Waals surface area (Å²) in [5.74, 6) is -3.68. The van der Waals surface area contributed by atoms with Gasteiger partial charge >= 0.3 is 25.9 Å². The number of rotatable bonds is 8. The Balaban J connectivity index is 0.000000462. The summed E-state index contributed by atoms with van der Waals surface area (Å²) in [5.41, 5.74) is 1.83. The maximum Gasteiger partial charge on any atom is 0.506 e. The molecule has 1 rings (SSSR count). The number of aryl methyl sites for hydroxylation is 1. The molecule has 0 amide bonds. The maximum absolute atomic E-state index is 11.0. The Morgan fingerprint density at radius 3 is 2.08 bits per heavy atom. The van der Waals surface area contributed by atoms with E-state index in [-0.39, 0.29) is 18.8 Å². The van der Waals surface area contributed by atoms with E-state index in [1.54, 1.807) is 12.1 Å². The number of carboxylic acid groups (broad SMARTS) is 2. The Bertz CT molecular complexity index is 597. The van der Waals surface area contributed by atoms with Crippen LogP contribution in [-0.4, -0.2) is 46.3 Å². The summed E-state index contributed by atoms with van der Waals surface area (Å²) in [6.45, 7) is 2.08. The summed E-state index contributed by atoms with van der Waals surface area (Å²) in [7, 11) is -1.14. The summed E-state index contributed by atoms with van der Waals surface area (Å²) in [6, 6.07) is 7.44. The van der Waals surface area contributed by atoms with Crippen molar-refractivity contribution in [1.82, 2.24) is 0 Å². The Morgan fingerprint density at radius 1 is 1.16 bits per heavy atom. The second-order valence-corrected chi connectivity index (χ2v) is 6.11. The van der Waals surface area contributed by atoms with Gasteiger partial charge in [-0.2, -0.15) is 4.89 Å². The Labute approximate surface area is 146 Å². The molecule has 0 spiro atoms. The Kier molecular flexibility index (Phi) is 11.0. The fourth-order valence-corrected chi connectivity index (χ4v) is 2.49. The van der Waals surface area contributed by atoms with E-state index in [1.165, 1.54) is 12.7 Å². The summed E-state index contributed by atoms with van der Waals surface area (Å²) in [5, 5.41) is 16.8. The van der Waals surface area contributed by atoms with Gasteiger partial charge in [0.15, 0.2) is 6.16 Å². The minimum absolute atomic E-state index is 0.119. The third kappa shape index (κ3) is 10.2. The molecule has 0 heterocycles. The molecule has 138 valence electrons. The van der Waals surface area contributed by atoms with Crippen molar-refractivity contribution in [1.29, 1.82) is 0 Å². The molecule has 0 saturated heterocycles. The predicted octanol–water partition coefficient (Wildman–Crippen LogP) is 2.32. The van der Waals surface area contributed by atoms with E-state index in [0.29, 0.717) is 5.56 Å². The van der Waals surface area contributed by atoms with Gasteiger partial charge in [0.2, 0.25) is 0 Å². The van der Waals surface area contributed by atoms with Crippen LogP contribution in [0.1, 0.15) is 35.7 Å². The van der Waals surface area contributed by atoms with E-state index in [1.807, 2.05) is 12.1 Å². The highest BCUT2D eigenvalue weighted by Crippen LogP contribution is 2.21. The van der Waals surface area contributed by atoms with Crippen molar-refractivity contribution in [3.8, 4) is 0 Å². The van der Waals surface area contributed by atoms with Gasteiger partial charge in [-0.15, -0.1) is 0 Å². The van der Waals surface area contributed by atoms with Crippen molar-refractivity contribution < 1.29 is 38.8 Å². The molecule has 0 aliphatic heterocycles. The third-order valence-electron chi connectivity index (χ3n) is 3.22. The molecule has 0 aromatic heterocycles. The second-order valence-electron chi connectivity index (χ2n) is 5.04. The molecule has 8 nitrogen and oxygen atoms in total. The summed E-state index contributed by atoms with van der Waals surface area (Å²) in [4.78, 5) is 39.9. The van der Waals surface area contributed by atoms with Crippen molar-refractivity contribution in [3.05, 3.63) is 35.4 Å². The van der Waals surface area contributed by atoms with Crippen molar-refractivity contribution >= 4 is 25.9 Å². The third-order valence-corrected chi connectivity index (χ3v) is 3.97. The van der Waals surface area contributed by atoms with Crippen LogP contribution in [0.15, 0.2) is 24.3 Å². The van der Waals surface area contributed by atoms with Gasteiger partial charge in [0.25, 0.3) is 0 Å². The molecule has 9 heteroatoms. The number of ether oxygens (including phenoxy) is 1. The van der Waals surface area contributed by atoms with Gasteiger partial charge in [-0.1, -0.05) is 19.1 Å². The van der Waals surface area contributed by atoms with E-state index in [4.69, 9.17) is 15.1 Å². The van der Waals surface area contributed by atoms with Crippen molar-refractivity contribution in [3.63, 3.8) is 0 Å². The van der Waals surface area contributed by atoms with E-state index >= 15 is 0 Å². The fraction of sp³-hybridized carbons (Fsp3) is 0.438. The monoisotopic (exact) mass is 373 g/mol. The first-order valence-corrected chi connectivity index (χ1v) is 8.86. The molecule has 25 heavy (non-hydrogen) atoms. The average Bonchev–Trinajstić information content (AvgIpc) is 2.57. The molecule has 1 aromatic rings. The maximum atomic E-state index is 11.0. The van der Waals surface area contributed by atoms with Crippen molar-refractivity contribution in [2.45, 2.75) is 26.2 Å². The number of aliphatic carboxylic acids is 2. The average molecular weight is 373 g/mol. The van der Waals surface area contributed by atoms with Crippen LogP contribution in [0.3, 0.4) is 0 Å². The normalized spacial score (nSPS) is 11.6. The van der Waals surface area contributed by atoms with Crippen LogP contribution in [0.5, 0.6) is 0 Å². The lowest BCUT2D eigenvalue weighted by Crippen LogP contribution is -2.17.